The molecule has 2 atom stereocenters. The third kappa shape index (κ3) is 2.49. The van der Waals surface area contributed by atoms with Crippen molar-refractivity contribution in [3.8, 4) is 0 Å². The summed E-state index contributed by atoms with van der Waals surface area (Å²) in [5.41, 5.74) is 0.683. The van der Waals surface area contributed by atoms with E-state index in [0.29, 0.717) is 5.92 Å². The molecule has 2 aliphatic rings. The average Bonchev–Trinajstić information content (AvgIpc) is 2.51. The van der Waals surface area contributed by atoms with Gasteiger partial charge >= 0.3 is 6.09 Å². The van der Waals surface area contributed by atoms with Gasteiger partial charge in [-0.25, -0.2) is 9.18 Å². The Labute approximate surface area is 131 Å². The quantitative estimate of drug-likeness (QED) is 0.795. The summed E-state index contributed by atoms with van der Waals surface area (Å²) in [6, 6.07) is 6.19. The Morgan fingerprint density at radius 2 is 1.82 bits per heavy atom. The molecule has 22 heavy (non-hydrogen) atoms. The van der Waals surface area contributed by atoms with Crippen molar-refractivity contribution < 1.29 is 14.3 Å². The summed E-state index contributed by atoms with van der Waals surface area (Å²) in [4.78, 5) is 13.8. The second kappa shape index (κ2) is 5.90. The van der Waals surface area contributed by atoms with Gasteiger partial charge in [-0.3, -0.25) is 4.90 Å². The lowest BCUT2D eigenvalue weighted by Gasteiger charge is -2.55. The number of amides is 1. The fourth-order valence-electron chi connectivity index (χ4n) is 4.58. The van der Waals surface area contributed by atoms with Crippen LogP contribution in [0.1, 0.15) is 63.5 Å². The SMILES string of the molecule is CC1CCC(c2ccc(F)cc2)N(C(=O)O)C12CCCCC2. The predicted octanol–water partition coefficient (Wildman–Crippen LogP) is 4.98. The van der Waals surface area contributed by atoms with Crippen LogP contribution in [0.5, 0.6) is 0 Å². The third-order valence-electron chi connectivity index (χ3n) is 5.76. The summed E-state index contributed by atoms with van der Waals surface area (Å²) in [5, 5.41) is 9.91. The summed E-state index contributed by atoms with van der Waals surface area (Å²) >= 11 is 0. The van der Waals surface area contributed by atoms with E-state index in [1.807, 2.05) is 0 Å². The maximum Gasteiger partial charge on any atom is 0.408 e. The van der Waals surface area contributed by atoms with Crippen molar-refractivity contribution in [3.05, 3.63) is 35.6 Å². The van der Waals surface area contributed by atoms with Crippen LogP contribution in [0.3, 0.4) is 0 Å². The van der Waals surface area contributed by atoms with Crippen molar-refractivity contribution in [2.75, 3.05) is 0 Å². The van der Waals surface area contributed by atoms with E-state index >= 15 is 0 Å². The Kier molecular flexibility index (Phi) is 4.11. The first-order valence-electron chi connectivity index (χ1n) is 8.32. The van der Waals surface area contributed by atoms with Crippen LogP contribution in [0.2, 0.25) is 0 Å². The summed E-state index contributed by atoms with van der Waals surface area (Å²) in [6.07, 6.45) is 6.34. The van der Waals surface area contributed by atoms with E-state index in [9.17, 15) is 14.3 Å². The number of hydrogen-bond acceptors (Lipinski definition) is 1. The number of benzene rings is 1. The number of hydrogen-bond donors (Lipinski definition) is 1. The average molecular weight is 305 g/mol. The van der Waals surface area contributed by atoms with Gasteiger partial charge in [-0.2, -0.15) is 0 Å². The Balaban J connectivity index is 1.99. The van der Waals surface area contributed by atoms with Gasteiger partial charge in [0.25, 0.3) is 0 Å². The Bertz CT molecular complexity index is 537. The fourth-order valence-corrected chi connectivity index (χ4v) is 4.58. The van der Waals surface area contributed by atoms with Gasteiger partial charge in [0.05, 0.1) is 6.04 Å². The fraction of sp³-hybridized carbons (Fsp3) is 0.611. The van der Waals surface area contributed by atoms with Crippen LogP contribution >= 0.6 is 0 Å². The molecule has 0 aromatic heterocycles. The molecular weight excluding hydrogens is 281 g/mol. The maximum atomic E-state index is 13.2. The highest BCUT2D eigenvalue weighted by Gasteiger charge is 2.50. The van der Waals surface area contributed by atoms with Crippen LogP contribution < -0.4 is 0 Å². The molecule has 2 unspecified atom stereocenters. The van der Waals surface area contributed by atoms with Crippen LogP contribution in [-0.2, 0) is 0 Å². The number of piperidine rings is 1. The Morgan fingerprint density at radius 1 is 1.18 bits per heavy atom. The molecule has 1 N–H and O–H groups in total. The monoisotopic (exact) mass is 305 g/mol. The van der Waals surface area contributed by atoms with E-state index in [4.69, 9.17) is 0 Å². The van der Waals surface area contributed by atoms with Gasteiger partial charge in [0, 0.05) is 5.54 Å². The summed E-state index contributed by atoms with van der Waals surface area (Å²) in [5.74, 6) is 0.114. The minimum atomic E-state index is -0.831. The minimum absolute atomic E-state index is 0.146. The van der Waals surface area contributed by atoms with Gasteiger partial charge in [0.1, 0.15) is 5.82 Å². The van der Waals surface area contributed by atoms with E-state index in [-0.39, 0.29) is 17.4 Å². The van der Waals surface area contributed by atoms with Crippen LogP contribution in [0.4, 0.5) is 9.18 Å². The van der Waals surface area contributed by atoms with Crippen molar-refractivity contribution in [1.82, 2.24) is 4.90 Å². The van der Waals surface area contributed by atoms with Crippen molar-refractivity contribution in [1.29, 1.82) is 0 Å². The molecule has 1 amide bonds. The lowest BCUT2D eigenvalue weighted by atomic mass is 9.66. The van der Waals surface area contributed by atoms with Gasteiger partial charge in [0.15, 0.2) is 0 Å². The largest absolute Gasteiger partial charge is 0.465 e. The zero-order chi connectivity index (χ0) is 15.7. The molecule has 1 saturated heterocycles. The Morgan fingerprint density at radius 3 is 2.41 bits per heavy atom. The molecule has 4 heteroatoms. The number of halogens is 1. The third-order valence-corrected chi connectivity index (χ3v) is 5.76. The number of likely N-dealkylation sites (tertiary alicyclic amines) is 1. The smallest absolute Gasteiger partial charge is 0.408 e. The van der Waals surface area contributed by atoms with E-state index in [1.165, 1.54) is 18.6 Å². The highest BCUT2D eigenvalue weighted by molar-refractivity contribution is 5.67. The molecule has 1 aliphatic carbocycles. The zero-order valence-electron chi connectivity index (χ0n) is 13.1. The van der Waals surface area contributed by atoms with Crippen LogP contribution in [0.15, 0.2) is 24.3 Å². The molecule has 0 bridgehead atoms. The number of nitrogens with zero attached hydrogens (tertiary/aromatic N) is 1. The van der Waals surface area contributed by atoms with Crippen molar-refractivity contribution in [3.63, 3.8) is 0 Å². The topological polar surface area (TPSA) is 40.5 Å². The molecule has 1 aromatic carbocycles. The summed E-state index contributed by atoms with van der Waals surface area (Å²) in [6.45, 7) is 2.20. The molecule has 2 fully saturated rings. The van der Waals surface area contributed by atoms with E-state index in [2.05, 4.69) is 6.92 Å². The number of carbonyl (C=O) groups is 1. The van der Waals surface area contributed by atoms with Crippen molar-refractivity contribution >= 4 is 6.09 Å². The van der Waals surface area contributed by atoms with Gasteiger partial charge in [-0.05, 0) is 49.3 Å². The summed E-state index contributed by atoms with van der Waals surface area (Å²) < 4.78 is 13.2. The first-order valence-corrected chi connectivity index (χ1v) is 8.32. The lowest BCUT2D eigenvalue weighted by molar-refractivity contribution is -0.0467. The second-order valence-corrected chi connectivity index (χ2v) is 6.86. The highest BCUT2D eigenvalue weighted by Crippen LogP contribution is 2.50. The minimum Gasteiger partial charge on any atom is -0.465 e. The molecule has 3 nitrogen and oxygen atoms in total. The summed E-state index contributed by atoms with van der Waals surface area (Å²) in [7, 11) is 0. The van der Waals surface area contributed by atoms with Gasteiger partial charge in [0.2, 0.25) is 0 Å². The van der Waals surface area contributed by atoms with Gasteiger partial charge in [-0.15, -0.1) is 0 Å². The highest BCUT2D eigenvalue weighted by atomic mass is 19.1. The van der Waals surface area contributed by atoms with Gasteiger partial charge in [-0.1, -0.05) is 38.3 Å². The van der Waals surface area contributed by atoms with Crippen molar-refractivity contribution in [2.24, 2.45) is 5.92 Å². The first-order chi connectivity index (χ1) is 10.5. The first kappa shape index (κ1) is 15.3. The van der Waals surface area contributed by atoms with Crippen LogP contribution in [-0.4, -0.2) is 21.6 Å². The second-order valence-electron chi connectivity index (χ2n) is 6.86. The number of carboxylic acid groups (broad SMARTS) is 1. The van der Waals surface area contributed by atoms with Crippen molar-refractivity contribution in [2.45, 2.75) is 63.5 Å². The molecule has 0 radical (unpaired) electrons. The molecular formula is C18H24FNO2. The normalized spacial score (nSPS) is 27.8. The predicted molar refractivity (Wildman–Crippen MR) is 83.2 cm³/mol. The molecule has 1 saturated carbocycles. The standard InChI is InChI=1S/C18H24FNO2/c1-13-5-10-16(14-6-8-15(19)9-7-14)20(17(21)22)18(13)11-3-2-4-12-18/h6-9,13,16H,2-5,10-12H2,1H3,(H,21,22). The van der Waals surface area contributed by atoms with Crippen LogP contribution in [0.25, 0.3) is 0 Å². The van der Waals surface area contributed by atoms with Gasteiger partial charge < -0.3 is 5.11 Å². The van der Waals surface area contributed by atoms with E-state index < -0.39 is 6.09 Å². The molecule has 3 rings (SSSR count). The molecule has 1 aliphatic heterocycles. The maximum absolute atomic E-state index is 13.2. The molecule has 1 spiro atoms. The van der Waals surface area contributed by atoms with Crippen LogP contribution in [0, 0.1) is 11.7 Å². The number of rotatable bonds is 1. The van der Waals surface area contributed by atoms with E-state index in [1.54, 1.807) is 17.0 Å². The molecule has 120 valence electrons. The molecule has 1 heterocycles. The molecule has 1 aromatic rings. The van der Waals surface area contributed by atoms with E-state index in [0.717, 1.165) is 44.1 Å². The lowest BCUT2D eigenvalue weighted by Crippen LogP contribution is -2.60. The zero-order valence-corrected chi connectivity index (χ0v) is 13.1. The Hall–Kier alpha value is -1.58.